The molecule has 1 rings (SSSR count). The molecule has 0 aliphatic heterocycles. The Morgan fingerprint density at radius 1 is 1.48 bits per heavy atom. The van der Waals surface area contributed by atoms with Crippen LogP contribution in [0.3, 0.4) is 0 Å². The predicted molar refractivity (Wildman–Crippen MR) is 89.0 cm³/mol. The highest BCUT2D eigenvalue weighted by molar-refractivity contribution is 5.92. The van der Waals surface area contributed by atoms with E-state index in [2.05, 4.69) is 18.3 Å². The summed E-state index contributed by atoms with van der Waals surface area (Å²) in [6, 6.07) is 2.89. The van der Waals surface area contributed by atoms with E-state index in [0.29, 0.717) is 31.6 Å². The van der Waals surface area contributed by atoms with Crippen molar-refractivity contribution < 1.29 is 19.0 Å². The van der Waals surface area contributed by atoms with Crippen LogP contribution in [0.1, 0.15) is 18.9 Å². The Balaban J connectivity index is 2.76. The number of ether oxygens (including phenoxy) is 1. The number of methoxy groups -OCH3 is 1. The number of hydrogen-bond donors (Lipinski definition) is 1. The van der Waals surface area contributed by atoms with Gasteiger partial charge in [-0.15, -0.1) is 0 Å². The smallest absolute Gasteiger partial charge is 0.251 e. The van der Waals surface area contributed by atoms with Crippen molar-refractivity contribution in [2.45, 2.75) is 19.8 Å². The van der Waals surface area contributed by atoms with Gasteiger partial charge in [-0.1, -0.05) is 6.58 Å². The fourth-order valence-corrected chi connectivity index (χ4v) is 2.24. The largest absolute Gasteiger partial charge is 0.494 e. The zero-order chi connectivity index (χ0) is 17.4. The zero-order valence-corrected chi connectivity index (χ0v) is 13.6. The van der Waals surface area contributed by atoms with E-state index in [0.717, 1.165) is 5.56 Å². The molecule has 0 heterocycles. The summed E-state index contributed by atoms with van der Waals surface area (Å²) < 4.78 is 18.6. The number of amides is 1. The Hall–Kier alpha value is -2.21. The van der Waals surface area contributed by atoms with Crippen LogP contribution in [0.2, 0.25) is 0 Å². The molecular weight excluding hydrogens is 299 g/mol. The van der Waals surface area contributed by atoms with Crippen LogP contribution >= 0.6 is 0 Å². The van der Waals surface area contributed by atoms with Crippen LogP contribution in [0.4, 0.5) is 10.1 Å². The minimum Gasteiger partial charge on any atom is -0.494 e. The molecule has 0 unspecified atom stereocenters. The highest BCUT2D eigenvalue weighted by Gasteiger charge is 2.15. The topological polar surface area (TPSA) is 62.1 Å². The third-order valence-electron chi connectivity index (χ3n) is 3.56. The summed E-state index contributed by atoms with van der Waals surface area (Å²) in [5.74, 6) is -0.582. The number of aryl methyl sites for hydroxylation is 1. The summed E-state index contributed by atoms with van der Waals surface area (Å²) in [7, 11) is 1.40. The van der Waals surface area contributed by atoms with E-state index in [4.69, 9.17) is 9.84 Å². The van der Waals surface area contributed by atoms with Gasteiger partial charge in [-0.3, -0.25) is 9.79 Å². The van der Waals surface area contributed by atoms with Gasteiger partial charge in [0.1, 0.15) is 0 Å². The fraction of sp³-hybridized carbons (Fsp3) is 0.412. The molecule has 6 heteroatoms. The second-order valence-electron chi connectivity index (χ2n) is 5.02. The minimum absolute atomic E-state index is 0.157. The molecule has 1 aromatic rings. The van der Waals surface area contributed by atoms with E-state index in [1.54, 1.807) is 11.0 Å². The molecule has 5 nitrogen and oxygen atoms in total. The molecule has 1 aromatic carbocycles. The molecule has 126 valence electrons. The number of aliphatic hydroxyl groups excluding tert-OH is 1. The van der Waals surface area contributed by atoms with Crippen LogP contribution in [0.25, 0.3) is 0 Å². The van der Waals surface area contributed by atoms with Gasteiger partial charge < -0.3 is 14.7 Å². The lowest BCUT2D eigenvalue weighted by atomic mass is 10.1. The molecule has 0 bridgehead atoms. The van der Waals surface area contributed by atoms with E-state index >= 15 is 0 Å². The number of aliphatic hydroxyl groups is 1. The lowest BCUT2D eigenvalue weighted by molar-refractivity contribution is -0.127. The lowest BCUT2D eigenvalue weighted by Crippen LogP contribution is -2.33. The summed E-state index contributed by atoms with van der Waals surface area (Å²) in [6.45, 7) is 9.53. The maximum Gasteiger partial charge on any atom is 0.251 e. The van der Waals surface area contributed by atoms with Crippen LogP contribution in [0.5, 0.6) is 5.75 Å². The normalized spacial score (nSPS) is 10.3. The van der Waals surface area contributed by atoms with Crippen LogP contribution in [0, 0.1) is 5.82 Å². The Labute approximate surface area is 136 Å². The molecule has 0 saturated carbocycles. The maximum atomic E-state index is 13.7. The fourth-order valence-electron chi connectivity index (χ4n) is 2.24. The average molecular weight is 322 g/mol. The molecule has 0 aliphatic carbocycles. The highest BCUT2D eigenvalue weighted by atomic mass is 19.1. The number of likely N-dealkylation sites (N-methyl/N-ethyl adjacent to an activating group) is 1. The second-order valence-corrected chi connectivity index (χ2v) is 5.02. The van der Waals surface area contributed by atoms with E-state index in [-0.39, 0.29) is 23.8 Å². The molecule has 1 amide bonds. The molecule has 1 N–H and O–H groups in total. The SMILES string of the molecule is C=Nc1cc(F)c(OC)cc1CCCN(CC)C(=O)C(=C)CO. The summed E-state index contributed by atoms with van der Waals surface area (Å²) in [6.07, 6.45) is 1.26. The van der Waals surface area contributed by atoms with Gasteiger partial charge in [-0.05, 0) is 38.1 Å². The second kappa shape index (κ2) is 9.05. The Morgan fingerprint density at radius 3 is 2.70 bits per heavy atom. The van der Waals surface area contributed by atoms with Crippen LogP contribution in [0.15, 0.2) is 29.3 Å². The van der Waals surface area contributed by atoms with Crippen molar-refractivity contribution in [3.05, 3.63) is 35.7 Å². The van der Waals surface area contributed by atoms with Crippen molar-refractivity contribution in [2.75, 3.05) is 26.8 Å². The monoisotopic (exact) mass is 322 g/mol. The zero-order valence-electron chi connectivity index (χ0n) is 13.6. The van der Waals surface area contributed by atoms with Gasteiger partial charge in [-0.25, -0.2) is 4.39 Å². The van der Waals surface area contributed by atoms with E-state index in [1.165, 1.54) is 13.2 Å². The van der Waals surface area contributed by atoms with Gasteiger partial charge in [0.05, 0.1) is 19.4 Å². The van der Waals surface area contributed by atoms with Crippen LogP contribution < -0.4 is 4.74 Å². The Kier molecular flexibility index (Phi) is 7.41. The highest BCUT2D eigenvalue weighted by Crippen LogP contribution is 2.28. The number of carbonyl (C=O) groups excluding carboxylic acids is 1. The first-order valence-electron chi connectivity index (χ1n) is 7.39. The third-order valence-corrected chi connectivity index (χ3v) is 3.56. The first-order chi connectivity index (χ1) is 11.0. The average Bonchev–Trinajstić information content (AvgIpc) is 2.57. The van der Waals surface area contributed by atoms with Crippen molar-refractivity contribution in [2.24, 2.45) is 4.99 Å². The number of benzene rings is 1. The quantitative estimate of drug-likeness (QED) is 0.561. The van der Waals surface area contributed by atoms with Crippen molar-refractivity contribution >= 4 is 18.3 Å². The number of aliphatic imine (C=N–C) groups is 1. The molecule has 0 saturated heterocycles. The Morgan fingerprint density at radius 2 is 2.17 bits per heavy atom. The van der Waals surface area contributed by atoms with Crippen LogP contribution in [-0.4, -0.2) is 49.4 Å². The van der Waals surface area contributed by atoms with Gasteiger partial charge in [0.25, 0.3) is 5.91 Å². The molecule has 23 heavy (non-hydrogen) atoms. The lowest BCUT2D eigenvalue weighted by Gasteiger charge is -2.21. The standard InChI is InChI=1S/C17H23FN2O3/c1-5-20(17(22)12(2)11-21)8-6-7-13-9-16(23-4)14(18)10-15(13)19-3/h9-10,21H,2-3,5-8,11H2,1,4H3. The van der Waals surface area contributed by atoms with Gasteiger partial charge in [-0.2, -0.15) is 0 Å². The summed E-state index contributed by atoms with van der Waals surface area (Å²) in [5.41, 5.74) is 1.45. The number of carbonyl (C=O) groups is 1. The van der Waals surface area contributed by atoms with Gasteiger partial charge in [0.2, 0.25) is 0 Å². The molecule has 0 spiro atoms. The number of hydrogen-bond acceptors (Lipinski definition) is 4. The summed E-state index contributed by atoms with van der Waals surface area (Å²) in [4.78, 5) is 17.4. The maximum absolute atomic E-state index is 13.7. The third kappa shape index (κ3) is 4.89. The molecular formula is C17H23FN2O3. The number of nitrogens with zero attached hydrogens (tertiary/aromatic N) is 2. The first-order valence-corrected chi connectivity index (χ1v) is 7.39. The predicted octanol–water partition coefficient (Wildman–Crippen LogP) is 2.50. The Bertz CT molecular complexity index is 587. The van der Waals surface area contributed by atoms with Crippen molar-refractivity contribution in [1.82, 2.24) is 4.90 Å². The molecule has 0 aromatic heterocycles. The van der Waals surface area contributed by atoms with E-state index < -0.39 is 5.82 Å². The summed E-state index contributed by atoms with van der Waals surface area (Å²) >= 11 is 0. The summed E-state index contributed by atoms with van der Waals surface area (Å²) in [5, 5.41) is 8.99. The molecule has 0 aliphatic rings. The molecule has 0 radical (unpaired) electrons. The molecule has 0 atom stereocenters. The first kappa shape index (κ1) is 18.8. The van der Waals surface area contributed by atoms with E-state index in [9.17, 15) is 9.18 Å². The van der Waals surface area contributed by atoms with Gasteiger partial charge in [0, 0.05) is 24.7 Å². The number of halogens is 1. The minimum atomic E-state index is -0.483. The van der Waals surface area contributed by atoms with Crippen molar-refractivity contribution in [3.8, 4) is 5.75 Å². The van der Waals surface area contributed by atoms with Gasteiger partial charge >= 0.3 is 0 Å². The van der Waals surface area contributed by atoms with E-state index in [1.807, 2.05) is 6.92 Å². The van der Waals surface area contributed by atoms with Gasteiger partial charge in [0.15, 0.2) is 11.6 Å². The molecule has 0 fully saturated rings. The van der Waals surface area contributed by atoms with Crippen LogP contribution in [-0.2, 0) is 11.2 Å². The number of rotatable bonds is 9. The van der Waals surface area contributed by atoms with Crippen molar-refractivity contribution in [3.63, 3.8) is 0 Å². The van der Waals surface area contributed by atoms with Crippen molar-refractivity contribution in [1.29, 1.82) is 0 Å².